The highest BCUT2D eigenvalue weighted by Gasteiger charge is 2.14. The van der Waals surface area contributed by atoms with Crippen LogP contribution >= 0.6 is 0 Å². The number of hydrogen-bond donors (Lipinski definition) is 2. The van der Waals surface area contributed by atoms with Gasteiger partial charge in [0, 0.05) is 19.5 Å². The third-order valence-electron chi connectivity index (χ3n) is 2.61. The molecule has 1 aliphatic rings. The van der Waals surface area contributed by atoms with Crippen LogP contribution in [0.25, 0.3) is 0 Å². The first-order valence-electron chi connectivity index (χ1n) is 5.43. The first-order valence-corrected chi connectivity index (χ1v) is 5.43. The zero-order valence-corrected chi connectivity index (χ0v) is 8.95. The second-order valence-electron chi connectivity index (χ2n) is 3.85. The van der Waals surface area contributed by atoms with Crippen molar-refractivity contribution in [3.8, 4) is 0 Å². The molecule has 0 aromatic rings. The number of rotatable bonds is 6. The van der Waals surface area contributed by atoms with E-state index in [9.17, 15) is 9.59 Å². The number of amides is 1. The predicted octanol–water partition coefficient (Wildman–Crippen LogP) is -0.885. The molecule has 3 N–H and O–H groups in total. The quantitative estimate of drug-likeness (QED) is 0.562. The molecule has 1 heterocycles. The van der Waals surface area contributed by atoms with E-state index in [2.05, 4.69) is 10.2 Å². The molecule has 1 rings (SSSR count). The molecule has 1 amide bonds. The fourth-order valence-corrected chi connectivity index (χ4v) is 1.69. The molecule has 0 radical (unpaired) electrons. The van der Waals surface area contributed by atoms with E-state index in [4.69, 9.17) is 5.73 Å². The monoisotopic (exact) mass is 213 g/mol. The molecule has 0 spiro atoms. The largest absolute Gasteiger partial charge is 0.353 e. The van der Waals surface area contributed by atoms with E-state index in [0.29, 0.717) is 12.8 Å². The summed E-state index contributed by atoms with van der Waals surface area (Å²) in [5.41, 5.74) is 5.47. The maximum absolute atomic E-state index is 11.3. The summed E-state index contributed by atoms with van der Waals surface area (Å²) in [5.74, 6) is -0.235. The summed E-state index contributed by atoms with van der Waals surface area (Å²) in [6.07, 6.45) is 3.26. The molecule has 0 saturated carbocycles. The van der Waals surface area contributed by atoms with Gasteiger partial charge in [0.15, 0.2) is 0 Å². The Bertz CT molecular complexity index is 215. The van der Waals surface area contributed by atoms with E-state index in [-0.39, 0.29) is 12.3 Å². The summed E-state index contributed by atoms with van der Waals surface area (Å²) in [7, 11) is 0. The Kier molecular flexibility index (Phi) is 5.28. The topological polar surface area (TPSA) is 75.4 Å². The number of carbonyl (C=O) groups is 2. The van der Waals surface area contributed by atoms with Gasteiger partial charge in [0.25, 0.3) is 0 Å². The van der Waals surface area contributed by atoms with E-state index < -0.39 is 6.04 Å². The van der Waals surface area contributed by atoms with Gasteiger partial charge in [0.1, 0.15) is 6.29 Å². The molecule has 15 heavy (non-hydrogen) atoms. The molecule has 5 heteroatoms. The smallest absolute Gasteiger partial charge is 0.237 e. The zero-order chi connectivity index (χ0) is 11.1. The van der Waals surface area contributed by atoms with Crippen molar-refractivity contribution >= 4 is 12.2 Å². The Morgan fingerprint density at radius 3 is 2.73 bits per heavy atom. The van der Waals surface area contributed by atoms with Gasteiger partial charge in [0.2, 0.25) is 5.91 Å². The fourth-order valence-electron chi connectivity index (χ4n) is 1.69. The molecule has 0 bridgehead atoms. The van der Waals surface area contributed by atoms with Crippen LogP contribution in [0.15, 0.2) is 0 Å². The lowest BCUT2D eigenvalue weighted by Crippen LogP contribution is -2.43. The van der Waals surface area contributed by atoms with Gasteiger partial charge in [-0.3, -0.25) is 4.79 Å². The molecule has 1 aliphatic heterocycles. The van der Waals surface area contributed by atoms with Crippen molar-refractivity contribution in [2.45, 2.75) is 25.3 Å². The number of aldehydes is 1. The highest BCUT2D eigenvalue weighted by Crippen LogP contribution is 2.05. The molecule has 1 saturated heterocycles. The van der Waals surface area contributed by atoms with Crippen LogP contribution in [0, 0.1) is 0 Å². The van der Waals surface area contributed by atoms with Crippen molar-refractivity contribution < 1.29 is 9.59 Å². The molecule has 0 aromatic carbocycles. The van der Waals surface area contributed by atoms with Crippen molar-refractivity contribution in [1.82, 2.24) is 10.2 Å². The summed E-state index contributed by atoms with van der Waals surface area (Å²) in [6, 6.07) is -0.693. The molecular formula is C10H19N3O2. The van der Waals surface area contributed by atoms with E-state index in [1.165, 1.54) is 12.8 Å². The van der Waals surface area contributed by atoms with Gasteiger partial charge >= 0.3 is 0 Å². The summed E-state index contributed by atoms with van der Waals surface area (Å²) in [6.45, 7) is 3.73. The number of nitrogens with two attached hydrogens (primary N) is 1. The maximum Gasteiger partial charge on any atom is 0.237 e. The minimum absolute atomic E-state index is 0.0928. The molecule has 1 fully saturated rings. The van der Waals surface area contributed by atoms with E-state index in [0.717, 1.165) is 19.6 Å². The van der Waals surface area contributed by atoms with Crippen LogP contribution < -0.4 is 11.1 Å². The summed E-state index contributed by atoms with van der Waals surface area (Å²) in [5, 5.41) is 2.73. The standard InChI is InChI=1S/C10H19N3O2/c11-9(3-8-14)10(15)12-4-7-13-5-1-2-6-13/h8-9H,1-7,11H2,(H,12,15). The first kappa shape index (κ1) is 12.1. The fraction of sp³-hybridized carbons (Fsp3) is 0.800. The van der Waals surface area contributed by atoms with Gasteiger partial charge in [0.05, 0.1) is 6.04 Å². The minimum atomic E-state index is -0.693. The Labute approximate surface area is 90.0 Å². The average Bonchev–Trinajstić information content (AvgIpc) is 2.71. The van der Waals surface area contributed by atoms with E-state index in [1.54, 1.807) is 0 Å². The number of hydrogen-bond acceptors (Lipinski definition) is 4. The van der Waals surface area contributed by atoms with Gasteiger partial charge in [-0.15, -0.1) is 0 Å². The number of nitrogens with one attached hydrogen (secondary N) is 1. The summed E-state index contributed by atoms with van der Waals surface area (Å²) >= 11 is 0. The third-order valence-corrected chi connectivity index (χ3v) is 2.61. The number of carbonyl (C=O) groups excluding carboxylic acids is 2. The average molecular weight is 213 g/mol. The lowest BCUT2D eigenvalue weighted by molar-refractivity contribution is -0.124. The lowest BCUT2D eigenvalue weighted by Gasteiger charge is -2.15. The van der Waals surface area contributed by atoms with Crippen LogP contribution in [0.1, 0.15) is 19.3 Å². The molecule has 1 atom stereocenters. The highest BCUT2D eigenvalue weighted by atomic mass is 16.2. The maximum atomic E-state index is 11.3. The van der Waals surface area contributed by atoms with Gasteiger partial charge < -0.3 is 20.7 Å². The van der Waals surface area contributed by atoms with Gasteiger partial charge in [-0.05, 0) is 25.9 Å². The van der Waals surface area contributed by atoms with Crippen LogP contribution in [0.5, 0.6) is 0 Å². The minimum Gasteiger partial charge on any atom is -0.353 e. The Hall–Kier alpha value is -0.940. The highest BCUT2D eigenvalue weighted by molar-refractivity contribution is 5.83. The van der Waals surface area contributed by atoms with Crippen molar-refractivity contribution in [2.24, 2.45) is 5.73 Å². The van der Waals surface area contributed by atoms with Crippen molar-refractivity contribution in [3.05, 3.63) is 0 Å². The molecule has 86 valence electrons. The molecule has 0 aromatic heterocycles. The van der Waals surface area contributed by atoms with Crippen molar-refractivity contribution in [2.75, 3.05) is 26.2 Å². The molecule has 0 aliphatic carbocycles. The second kappa shape index (κ2) is 6.53. The van der Waals surface area contributed by atoms with Crippen LogP contribution in [0.3, 0.4) is 0 Å². The Morgan fingerprint density at radius 1 is 1.47 bits per heavy atom. The second-order valence-corrected chi connectivity index (χ2v) is 3.85. The molecular weight excluding hydrogens is 194 g/mol. The van der Waals surface area contributed by atoms with Gasteiger partial charge in [-0.1, -0.05) is 0 Å². The van der Waals surface area contributed by atoms with E-state index in [1.807, 2.05) is 0 Å². The SMILES string of the molecule is NC(CC=O)C(=O)NCCN1CCCC1. The molecule has 1 unspecified atom stereocenters. The number of likely N-dealkylation sites (tertiary alicyclic amines) is 1. The van der Waals surface area contributed by atoms with Crippen molar-refractivity contribution in [1.29, 1.82) is 0 Å². The van der Waals surface area contributed by atoms with Crippen LogP contribution in [-0.4, -0.2) is 49.3 Å². The number of nitrogens with zero attached hydrogens (tertiary/aromatic N) is 1. The van der Waals surface area contributed by atoms with Gasteiger partial charge in [-0.2, -0.15) is 0 Å². The third kappa shape index (κ3) is 4.40. The normalized spacial score (nSPS) is 18.7. The summed E-state index contributed by atoms with van der Waals surface area (Å²) < 4.78 is 0. The van der Waals surface area contributed by atoms with Crippen LogP contribution in [0.2, 0.25) is 0 Å². The predicted molar refractivity (Wildman–Crippen MR) is 57.3 cm³/mol. The molecule has 5 nitrogen and oxygen atoms in total. The zero-order valence-electron chi connectivity index (χ0n) is 8.95. The lowest BCUT2D eigenvalue weighted by atomic mass is 10.2. The van der Waals surface area contributed by atoms with Crippen LogP contribution in [-0.2, 0) is 9.59 Å². The van der Waals surface area contributed by atoms with Crippen LogP contribution in [0.4, 0.5) is 0 Å². The van der Waals surface area contributed by atoms with E-state index >= 15 is 0 Å². The summed E-state index contributed by atoms with van der Waals surface area (Å²) in [4.78, 5) is 23.7. The first-order chi connectivity index (χ1) is 7.24. The Morgan fingerprint density at radius 2 is 2.13 bits per heavy atom. The Balaban J connectivity index is 2.07. The van der Waals surface area contributed by atoms with Crippen molar-refractivity contribution in [3.63, 3.8) is 0 Å². The van der Waals surface area contributed by atoms with Gasteiger partial charge in [-0.25, -0.2) is 0 Å².